The fourth-order valence-corrected chi connectivity index (χ4v) is 5.55. The molecule has 6 atom stereocenters. The number of aliphatic hydroxyl groups is 1. The van der Waals surface area contributed by atoms with E-state index < -0.39 is 62.9 Å². The van der Waals surface area contributed by atoms with Crippen LogP contribution in [0.15, 0.2) is 36.5 Å². The van der Waals surface area contributed by atoms with Crippen LogP contribution >= 0.6 is 32.0 Å². The highest BCUT2D eigenvalue weighted by Gasteiger charge is 2.46. The molecule has 0 bridgehead atoms. The van der Waals surface area contributed by atoms with Crippen molar-refractivity contribution in [3.63, 3.8) is 0 Å². The Morgan fingerprint density at radius 3 is 2.64 bits per heavy atom. The van der Waals surface area contributed by atoms with E-state index in [0.717, 1.165) is 0 Å². The maximum absolute atomic E-state index is 15.2. The largest absolute Gasteiger partial charge is 0.463 e. The minimum Gasteiger partial charge on any atom is -0.463 e. The number of aromatic amines is 1. The van der Waals surface area contributed by atoms with Crippen molar-refractivity contribution in [2.45, 2.75) is 58.4 Å². The Hall–Kier alpha value is -1.95. The molecule has 3 rings (SSSR count). The molecular formula is C23H30FN2O7PS2. The number of H-pyrrole nitrogens is 1. The number of carbonyl (C=O) groups is 1. The molecule has 198 valence electrons. The molecule has 1 fully saturated rings. The van der Waals surface area contributed by atoms with Crippen LogP contribution in [0.4, 0.5) is 4.39 Å². The van der Waals surface area contributed by atoms with Gasteiger partial charge in [0.15, 0.2) is 17.2 Å². The molecule has 2 unspecified atom stereocenters. The summed E-state index contributed by atoms with van der Waals surface area (Å²) < 4.78 is 69.2. The lowest BCUT2D eigenvalue weighted by Crippen LogP contribution is -2.32. The molecule has 1 aromatic carbocycles. The van der Waals surface area contributed by atoms with E-state index in [4.69, 9.17) is 45.7 Å². The van der Waals surface area contributed by atoms with Crippen molar-refractivity contribution in [3.05, 3.63) is 51.5 Å². The molecule has 2 heterocycles. The third-order valence-corrected chi connectivity index (χ3v) is 7.77. The molecule has 2 N–H and O–H groups in total. The normalized spacial score (nSPS) is 25.5. The quantitative estimate of drug-likeness (QED) is 0.233. The zero-order valence-electron chi connectivity index (χ0n) is 22.1. The molecule has 1 aromatic heterocycles. The number of rotatable bonds is 10. The predicted octanol–water partition coefficient (Wildman–Crippen LogP) is 5.06. The number of benzene rings is 1. The molecule has 0 amide bonds. The number of halogens is 1. The van der Waals surface area contributed by atoms with E-state index in [-0.39, 0.29) is 10.5 Å². The molecule has 36 heavy (non-hydrogen) atoms. The van der Waals surface area contributed by atoms with Crippen LogP contribution in [0.1, 0.15) is 35.3 Å². The summed E-state index contributed by atoms with van der Waals surface area (Å²) in [6, 6.07) is 7.84. The first kappa shape index (κ1) is 25.7. The molecule has 2 aromatic rings. The van der Waals surface area contributed by atoms with Crippen molar-refractivity contribution < 1.29 is 40.1 Å². The smallest absolute Gasteiger partial charge is 0.380 e. The van der Waals surface area contributed by atoms with Gasteiger partial charge < -0.3 is 24.1 Å². The van der Waals surface area contributed by atoms with Crippen molar-refractivity contribution in [2.24, 2.45) is 5.92 Å². The van der Waals surface area contributed by atoms with Gasteiger partial charge in [-0.3, -0.25) is 13.9 Å². The maximum atomic E-state index is 15.2. The maximum Gasteiger partial charge on any atom is 0.380 e. The molecule has 1 aliphatic rings. The Labute approximate surface area is 221 Å². The molecule has 0 spiro atoms. The van der Waals surface area contributed by atoms with Crippen LogP contribution in [-0.4, -0.2) is 57.8 Å². The molecule has 0 saturated carbocycles. The zero-order chi connectivity index (χ0) is 28.4. The summed E-state index contributed by atoms with van der Waals surface area (Å²) in [7, 11) is -4.47. The van der Waals surface area contributed by atoms with Crippen LogP contribution < -0.4 is 4.52 Å². The topological polar surface area (TPSA) is 112 Å². The molecular weight excluding hydrogens is 530 g/mol. The first-order valence-corrected chi connectivity index (χ1v) is 13.7. The minimum atomic E-state index is -4.47. The van der Waals surface area contributed by atoms with Crippen LogP contribution in [0.25, 0.3) is 0 Å². The highest BCUT2D eigenvalue weighted by Crippen LogP contribution is 2.50. The van der Waals surface area contributed by atoms with Crippen LogP contribution in [0, 0.1) is 22.3 Å². The monoisotopic (exact) mass is 562 g/mol. The molecule has 1 saturated heterocycles. The van der Waals surface area contributed by atoms with E-state index in [9.17, 15) is 14.5 Å². The van der Waals surface area contributed by atoms with E-state index in [1.165, 1.54) is 29.8 Å². The zero-order valence-corrected chi connectivity index (χ0v) is 22.6. The summed E-state index contributed by atoms with van der Waals surface area (Å²) in [5.41, 5.74) is 0.546. The highest BCUT2D eigenvalue weighted by atomic mass is 32.1. The Kier molecular flexibility index (Phi) is 8.61. The number of esters is 1. The van der Waals surface area contributed by atoms with E-state index in [1.807, 2.05) is 0 Å². The van der Waals surface area contributed by atoms with Crippen molar-refractivity contribution in [2.75, 3.05) is 12.7 Å². The van der Waals surface area contributed by atoms with Gasteiger partial charge in [0.1, 0.15) is 22.6 Å². The van der Waals surface area contributed by atoms with Gasteiger partial charge in [-0.1, -0.05) is 37.3 Å². The summed E-state index contributed by atoms with van der Waals surface area (Å²) in [6.45, 7) is 3.36. The average Bonchev–Trinajstić information content (AvgIpc) is 3.11. The fraction of sp³-hybridized carbons (Fsp3) is 0.522. The molecule has 1 aliphatic heterocycles. The van der Waals surface area contributed by atoms with Crippen molar-refractivity contribution in [1.82, 2.24) is 9.55 Å². The summed E-state index contributed by atoms with van der Waals surface area (Å²) in [4.78, 5) is 15.1. The van der Waals surface area contributed by atoms with Crippen LogP contribution in [0.3, 0.4) is 0 Å². The van der Waals surface area contributed by atoms with Crippen LogP contribution in [0.2, 0.25) is 0 Å². The third kappa shape index (κ3) is 7.08. The standard InChI is InChI=1S/C23H30FN2O7PS2/c1-13(2)31-22(28)15(4)12-34(29,33-16-8-6-5-7-9-16)30-11-17-19(27)18(24)21(32-17)26-10-14(3)20(35)25-23(26)36/h5-10,13,15,17-19,21,27H,11-12H2,1-4H3,(H,25,35,36)/t15-,17+,18-,19?,21+,34?/m1/s1/i11D2. The summed E-state index contributed by atoms with van der Waals surface area (Å²) in [6.07, 6.45) is -7.17. The van der Waals surface area contributed by atoms with Gasteiger partial charge in [0, 0.05) is 11.8 Å². The minimum absolute atomic E-state index is 0.00171. The molecule has 0 aliphatic carbocycles. The first-order chi connectivity index (χ1) is 17.6. The SMILES string of the molecule is [2H]C([2H])(OP(=O)(C[C@@H](C)C(=O)OC(C)C)Oc1ccccc1)[C@@H]1O[C@H](n2cc(C)c(=S)[nH]c2=S)[C@H](F)C1O. The third-order valence-electron chi connectivity index (χ3n) is 5.16. The van der Waals surface area contributed by atoms with Crippen molar-refractivity contribution in [3.8, 4) is 5.75 Å². The van der Waals surface area contributed by atoms with E-state index in [0.29, 0.717) is 10.2 Å². The van der Waals surface area contributed by atoms with E-state index in [1.54, 1.807) is 39.0 Å². The van der Waals surface area contributed by atoms with Gasteiger partial charge in [-0.2, -0.15) is 0 Å². The second kappa shape index (κ2) is 12.1. The van der Waals surface area contributed by atoms with Crippen LogP contribution in [-0.2, 0) is 23.4 Å². The molecule has 0 radical (unpaired) electrons. The number of carbonyl (C=O) groups excluding carboxylic acids is 1. The number of para-hydroxylation sites is 1. The summed E-state index contributed by atoms with van der Waals surface area (Å²) in [5, 5.41) is 10.6. The number of nitrogens with zero attached hydrogens (tertiary/aromatic N) is 1. The van der Waals surface area contributed by atoms with E-state index in [2.05, 4.69) is 4.98 Å². The van der Waals surface area contributed by atoms with Gasteiger partial charge >= 0.3 is 13.6 Å². The Balaban J connectivity index is 1.90. The Morgan fingerprint density at radius 1 is 1.33 bits per heavy atom. The predicted molar refractivity (Wildman–Crippen MR) is 136 cm³/mol. The lowest BCUT2D eigenvalue weighted by atomic mass is 10.1. The number of nitrogens with one attached hydrogen (secondary N) is 1. The number of hydrogen-bond acceptors (Lipinski definition) is 9. The fourth-order valence-electron chi connectivity index (χ4n) is 3.36. The second-order valence-electron chi connectivity index (χ2n) is 8.65. The van der Waals surface area contributed by atoms with Gasteiger partial charge in [0.25, 0.3) is 0 Å². The first-order valence-electron chi connectivity index (χ1n) is 12.2. The average molecular weight is 563 g/mol. The number of aryl methyl sites for hydroxylation is 1. The number of alkyl halides is 1. The Morgan fingerprint density at radius 2 is 2.00 bits per heavy atom. The van der Waals surface area contributed by atoms with Crippen LogP contribution in [0.5, 0.6) is 5.75 Å². The van der Waals surface area contributed by atoms with Gasteiger partial charge in [0.05, 0.1) is 27.5 Å². The molecule has 9 nitrogen and oxygen atoms in total. The number of aromatic nitrogens is 2. The number of aliphatic hydroxyl groups excluding tert-OH is 1. The summed E-state index contributed by atoms with van der Waals surface area (Å²) >= 11 is 10.3. The van der Waals surface area contributed by atoms with Gasteiger partial charge in [-0.05, 0) is 45.1 Å². The Bertz CT molecular complexity index is 1310. The molecule has 13 heteroatoms. The highest BCUT2D eigenvalue weighted by molar-refractivity contribution is 7.72. The van der Waals surface area contributed by atoms with E-state index >= 15 is 4.39 Å². The van der Waals surface area contributed by atoms with Gasteiger partial charge in [0.2, 0.25) is 0 Å². The lowest BCUT2D eigenvalue weighted by molar-refractivity contribution is -0.151. The summed E-state index contributed by atoms with van der Waals surface area (Å²) in [5.74, 6) is -1.60. The van der Waals surface area contributed by atoms with Crippen molar-refractivity contribution in [1.29, 1.82) is 0 Å². The van der Waals surface area contributed by atoms with Gasteiger partial charge in [-0.15, -0.1) is 0 Å². The number of ether oxygens (including phenoxy) is 2. The number of hydrogen-bond donors (Lipinski definition) is 2. The van der Waals surface area contributed by atoms with Gasteiger partial charge in [-0.25, -0.2) is 8.96 Å². The lowest BCUT2D eigenvalue weighted by Gasteiger charge is -2.24. The van der Waals surface area contributed by atoms with Crippen molar-refractivity contribution >= 4 is 38.0 Å². The second-order valence-corrected chi connectivity index (χ2v) is 11.4.